The van der Waals surface area contributed by atoms with E-state index in [0.717, 1.165) is 17.1 Å². The maximum absolute atomic E-state index is 11.4. The molecule has 0 aliphatic carbocycles. The quantitative estimate of drug-likeness (QED) is 0.858. The number of hydrogen-bond acceptors (Lipinski definition) is 2. The van der Waals surface area contributed by atoms with E-state index in [-0.39, 0.29) is 11.9 Å². The number of carbonyl (C=O) groups excluding carboxylic acids is 1. The lowest BCUT2D eigenvalue weighted by atomic mass is 10.1. The normalized spacial score (nSPS) is 12.5. The minimum absolute atomic E-state index is 0.00833. The third-order valence-corrected chi connectivity index (χ3v) is 2.64. The summed E-state index contributed by atoms with van der Waals surface area (Å²) in [4.78, 5) is 11.4. The fraction of sp³-hybridized carbons (Fsp3) is 0.545. The molecular formula is C11H16BrNO2. The number of hydrogen-bond donors (Lipinski definition) is 1. The lowest BCUT2D eigenvalue weighted by Gasteiger charge is -2.12. The third-order valence-electron chi connectivity index (χ3n) is 2.24. The molecular weight excluding hydrogens is 258 g/mol. The van der Waals surface area contributed by atoms with Crippen LogP contribution in [0.5, 0.6) is 0 Å². The van der Waals surface area contributed by atoms with Gasteiger partial charge in [-0.2, -0.15) is 0 Å². The zero-order chi connectivity index (χ0) is 11.4. The van der Waals surface area contributed by atoms with Gasteiger partial charge in [0.25, 0.3) is 0 Å². The van der Waals surface area contributed by atoms with E-state index in [0.29, 0.717) is 11.8 Å². The number of aryl methyl sites for hydroxylation is 2. The Kier molecular flexibility index (Phi) is 4.39. The second-order valence-corrected chi connectivity index (χ2v) is 4.39. The smallest absolute Gasteiger partial charge is 0.221 e. The minimum Gasteiger partial charge on any atom is -0.466 e. The summed E-state index contributed by atoms with van der Waals surface area (Å²) >= 11 is 3.24. The van der Waals surface area contributed by atoms with Crippen LogP contribution in [0.2, 0.25) is 0 Å². The van der Waals surface area contributed by atoms with Gasteiger partial charge in [-0.05, 0) is 26.8 Å². The number of amides is 1. The summed E-state index contributed by atoms with van der Waals surface area (Å²) in [5.41, 5.74) is 1.05. The zero-order valence-electron chi connectivity index (χ0n) is 9.26. The molecule has 1 amide bonds. The predicted molar refractivity (Wildman–Crippen MR) is 63.2 cm³/mol. The predicted octanol–water partition coefficient (Wildman–Crippen LogP) is 2.86. The van der Waals surface area contributed by atoms with Crippen molar-refractivity contribution < 1.29 is 9.21 Å². The van der Waals surface area contributed by atoms with Gasteiger partial charge in [0.15, 0.2) is 0 Å². The first kappa shape index (κ1) is 12.3. The van der Waals surface area contributed by atoms with Gasteiger partial charge < -0.3 is 9.73 Å². The van der Waals surface area contributed by atoms with Crippen LogP contribution in [0.25, 0.3) is 0 Å². The zero-order valence-corrected chi connectivity index (χ0v) is 10.8. The summed E-state index contributed by atoms with van der Waals surface area (Å²) in [5.74, 6) is 1.81. The van der Waals surface area contributed by atoms with Crippen LogP contribution in [0.4, 0.5) is 0 Å². The maximum Gasteiger partial charge on any atom is 0.221 e. The Morgan fingerprint density at radius 3 is 2.73 bits per heavy atom. The van der Waals surface area contributed by atoms with Crippen LogP contribution in [-0.4, -0.2) is 11.2 Å². The first-order chi connectivity index (χ1) is 7.04. The van der Waals surface area contributed by atoms with Gasteiger partial charge in [0.1, 0.15) is 11.5 Å². The highest BCUT2D eigenvalue weighted by Gasteiger charge is 2.14. The monoisotopic (exact) mass is 273 g/mol. The van der Waals surface area contributed by atoms with E-state index in [2.05, 4.69) is 21.2 Å². The number of nitrogens with one attached hydrogen (secondary N) is 1. The molecule has 0 aromatic carbocycles. The highest BCUT2D eigenvalue weighted by Crippen LogP contribution is 2.21. The molecule has 0 aliphatic heterocycles. The number of alkyl halides is 1. The van der Waals surface area contributed by atoms with Crippen LogP contribution in [0, 0.1) is 13.8 Å². The van der Waals surface area contributed by atoms with Crippen molar-refractivity contribution in [2.24, 2.45) is 0 Å². The van der Waals surface area contributed by atoms with Crippen molar-refractivity contribution >= 4 is 21.8 Å². The molecule has 0 fully saturated rings. The molecule has 0 spiro atoms. The van der Waals surface area contributed by atoms with Gasteiger partial charge in [-0.3, -0.25) is 4.79 Å². The topological polar surface area (TPSA) is 42.2 Å². The molecule has 4 heteroatoms. The molecule has 0 aliphatic rings. The van der Waals surface area contributed by atoms with Crippen LogP contribution < -0.4 is 5.32 Å². The van der Waals surface area contributed by atoms with Gasteiger partial charge in [0.05, 0.1) is 6.04 Å². The van der Waals surface area contributed by atoms with E-state index in [1.54, 1.807) is 0 Å². The largest absolute Gasteiger partial charge is 0.466 e. The summed E-state index contributed by atoms with van der Waals surface area (Å²) in [6.45, 7) is 5.78. The summed E-state index contributed by atoms with van der Waals surface area (Å²) in [6, 6.07) is 1.98. The Morgan fingerprint density at radius 2 is 2.27 bits per heavy atom. The first-order valence-corrected chi connectivity index (χ1v) is 6.09. The van der Waals surface area contributed by atoms with Crippen molar-refractivity contribution in [1.29, 1.82) is 0 Å². The van der Waals surface area contributed by atoms with Gasteiger partial charge in [0, 0.05) is 17.3 Å². The number of rotatable bonds is 4. The van der Waals surface area contributed by atoms with Crippen molar-refractivity contribution in [2.45, 2.75) is 33.2 Å². The van der Waals surface area contributed by atoms with Crippen LogP contribution in [0.15, 0.2) is 10.5 Å². The van der Waals surface area contributed by atoms with E-state index < -0.39 is 0 Å². The van der Waals surface area contributed by atoms with Crippen molar-refractivity contribution in [3.63, 3.8) is 0 Å². The SMILES string of the molecule is Cc1cc(C(C)NC(=O)CCBr)c(C)o1. The molecule has 3 nitrogen and oxygen atoms in total. The van der Waals surface area contributed by atoms with Crippen LogP contribution >= 0.6 is 15.9 Å². The molecule has 0 saturated heterocycles. The summed E-state index contributed by atoms with van der Waals surface area (Å²) < 4.78 is 5.42. The fourth-order valence-corrected chi connectivity index (χ4v) is 1.92. The Labute approximate surface area is 98.4 Å². The van der Waals surface area contributed by atoms with Crippen LogP contribution in [-0.2, 0) is 4.79 Å². The molecule has 0 saturated carbocycles. The summed E-state index contributed by atoms with van der Waals surface area (Å²) in [5, 5.41) is 3.61. The molecule has 15 heavy (non-hydrogen) atoms. The molecule has 1 unspecified atom stereocenters. The number of carbonyl (C=O) groups is 1. The van der Waals surface area contributed by atoms with E-state index in [1.165, 1.54) is 0 Å². The van der Waals surface area contributed by atoms with Gasteiger partial charge in [-0.25, -0.2) is 0 Å². The Morgan fingerprint density at radius 1 is 1.60 bits per heavy atom. The summed E-state index contributed by atoms with van der Waals surface area (Å²) in [7, 11) is 0. The average Bonchev–Trinajstić information content (AvgIpc) is 2.45. The molecule has 1 N–H and O–H groups in total. The Hall–Kier alpha value is -0.770. The lowest BCUT2D eigenvalue weighted by molar-refractivity contribution is -0.121. The maximum atomic E-state index is 11.4. The molecule has 1 aromatic rings. The lowest BCUT2D eigenvalue weighted by Crippen LogP contribution is -2.26. The van der Waals surface area contributed by atoms with Crippen molar-refractivity contribution in [2.75, 3.05) is 5.33 Å². The van der Waals surface area contributed by atoms with Crippen molar-refractivity contribution in [3.05, 3.63) is 23.2 Å². The molecule has 84 valence electrons. The van der Waals surface area contributed by atoms with Gasteiger partial charge in [0.2, 0.25) is 5.91 Å². The van der Waals surface area contributed by atoms with Gasteiger partial charge in [-0.15, -0.1) is 0 Å². The highest BCUT2D eigenvalue weighted by molar-refractivity contribution is 9.09. The molecule has 1 aromatic heterocycles. The number of halogens is 1. The number of furan rings is 1. The second-order valence-electron chi connectivity index (χ2n) is 3.60. The highest BCUT2D eigenvalue weighted by atomic mass is 79.9. The second kappa shape index (κ2) is 5.35. The fourth-order valence-electron chi connectivity index (χ4n) is 1.56. The van der Waals surface area contributed by atoms with E-state index >= 15 is 0 Å². The van der Waals surface area contributed by atoms with Crippen LogP contribution in [0.1, 0.15) is 36.5 Å². The molecule has 0 radical (unpaired) electrons. The minimum atomic E-state index is 0.00833. The summed E-state index contributed by atoms with van der Waals surface area (Å²) in [6.07, 6.45) is 0.500. The molecule has 1 rings (SSSR count). The standard InChI is InChI=1S/C11H16BrNO2/c1-7-6-10(9(3)15-7)8(2)13-11(14)4-5-12/h6,8H,4-5H2,1-3H3,(H,13,14). The molecule has 1 atom stereocenters. The van der Waals surface area contributed by atoms with E-state index in [9.17, 15) is 4.79 Å². The molecule has 1 heterocycles. The van der Waals surface area contributed by atoms with E-state index in [4.69, 9.17) is 4.42 Å². The van der Waals surface area contributed by atoms with Crippen LogP contribution in [0.3, 0.4) is 0 Å². The van der Waals surface area contributed by atoms with Crippen molar-refractivity contribution in [3.8, 4) is 0 Å². The van der Waals surface area contributed by atoms with Gasteiger partial charge >= 0.3 is 0 Å². The first-order valence-electron chi connectivity index (χ1n) is 4.97. The van der Waals surface area contributed by atoms with E-state index in [1.807, 2.05) is 26.8 Å². The average molecular weight is 274 g/mol. The Balaban J connectivity index is 2.64. The third kappa shape index (κ3) is 3.38. The Bertz CT molecular complexity index is 346. The van der Waals surface area contributed by atoms with Crippen molar-refractivity contribution in [1.82, 2.24) is 5.32 Å². The van der Waals surface area contributed by atoms with Gasteiger partial charge in [-0.1, -0.05) is 15.9 Å². The molecule has 0 bridgehead atoms.